The van der Waals surface area contributed by atoms with Gasteiger partial charge in [-0.1, -0.05) is 212 Å². The molecule has 0 amide bonds. The van der Waals surface area contributed by atoms with Crippen LogP contribution in [0.2, 0.25) is 0 Å². The van der Waals surface area contributed by atoms with Gasteiger partial charge in [0.05, 0.1) is 0 Å². The summed E-state index contributed by atoms with van der Waals surface area (Å²) in [7, 11) is 0. The van der Waals surface area contributed by atoms with Crippen LogP contribution in [-0.4, -0.2) is 15.0 Å². The first-order valence-corrected chi connectivity index (χ1v) is 21.8. The molecule has 0 spiro atoms. The summed E-state index contributed by atoms with van der Waals surface area (Å²) in [5.41, 5.74) is 12.2. The van der Waals surface area contributed by atoms with Gasteiger partial charge in [-0.05, 0) is 106 Å². The predicted octanol–water partition coefficient (Wildman–Crippen LogP) is 16.2. The molecule has 1 aromatic heterocycles. The number of hydrogen-bond acceptors (Lipinski definition) is 3. The second-order valence-corrected chi connectivity index (χ2v) is 16.4. The highest BCUT2D eigenvalue weighted by Gasteiger charge is 2.19. The zero-order valence-electron chi connectivity index (χ0n) is 34.9. The van der Waals surface area contributed by atoms with E-state index in [-0.39, 0.29) is 0 Å². The molecule has 11 aromatic carbocycles. The largest absolute Gasteiger partial charge is 0.208 e. The number of rotatable bonds is 7. The molecule has 12 aromatic rings. The maximum Gasteiger partial charge on any atom is 0.164 e. The average molecular weight is 814 g/mol. The molecule has 0 saturated heterocycles. The predicted molar refractivity (Wildman–Crippen MR) is 268 cm³/mol. The van der Waals surface area contributed by atoms with E-state index >= 15 is 0 Å². The molecular formula is C61H39N3. The standard InChI is InChI=1S/C61H39N3/c1-3-14-40(15-4-1)41-28-30-42(31-29-41)46-32-33-48-37-50(35-34-47(48)36-46)59-62-60(64-61(63-59)56-27-13-22-45-21-12-25-54(58(45)56)44-16-5-2-6-17-44)51-38-49-19-8-10-24-53(49)57(39-51)55-26-11-20-43-18-7-9-23-52(43)55/h1-39H. The first-order chi connectivity index (χ1) is 31.7. The average Bonchev–Trinajstić information content (AvgIpc) is 3.38. The fourth-order valence-corrected chi connectivity index (χ4v) is 9.31. The van der Waals surface area contributed by atoms with E-state index in [0.29, 0.717) is 17.5 Å². The zero-order chi connectivity index (χ0) is 42.4. The minimum Gasteiger partial charge on any atom is -0.208 e. The lowest BCUT2D eigenvalue weighted by Crippen LogP contribution is -2.01. The number of benzene rings is 11. The highest BCUT2D eigenvalue weighted by atomic mass is 15.0. The van der Waals surface area contributed by atoms with E-state index in [1.807, 2.05) is 0 Å². The second kappa shape index (κ2) is 15.7. The van der Waals surface area contributed by atoms with Gasteiger partial charge in [0, 0.05) is 22.1 Å². The van der Waals surface area contributed by atoms with Crippen molar-refractivity contribution in [2.24, 2.45) is 0 Å². The van der Waals surface area contributed by atoms with Crippen LogP contribution in [0.15, 0.2) is 237 Å². The summed E-state index contributed by atoms with van der Waals surface area (Å²) in [5, 5.41) is 9.22. The van der Waals surface area contributed by atoms with Crippen LogP contribution in [0.1, 0.15) is 0 Å². The minimum atomic E-state index is 0.621. The Morgan fingerprint density at radius 3 is 1.38 bits per heavy atom. The summed E-state index contributed by atoms with van der Waals surface area (Å²) in [4.78, 5) is 16.1. The van der Waals surface area contributed by atoms with E-state index in [2.05, 4.69) is 237 Å². The SMILES string of the molecule is c1ccc(-c2ccc(-c3ccc4cc(-c5nc(-c6cc(-c7cccc8ccccc78)c7ccccc7c6)nc(-c6cccc7cccc(-c8ccccc8)c67)n5)ccc4c3)cc2)cc1. The summed E-state index contributed by atoms with van der Waals surface area (Å²) in [5.74, 6) is 1.87. The van der Waals surface area contributed by atoms with E-state index in [4.69, 9.17) is 15.0 Å². The van der Waals surface area contributed by atoms with E-state index in [9.17, 15) is 0 Å². The molecule has 0 unspecified atom stereocenters. The lowest BCUT2D eigenvalue weighted by molar-refractivity contribution is 1.08. The summed E-state index contributed by atoms with van der Waals surface area (Å²) < 4.78 is 0. The molecule has 0 radical (unpaired) electrons. The smallest absolute Gasteiger partial charge is 0.164 e. The topological polar surface area (TPSA) is 38.7 Å². The van der Waals surface area contributed by atoms with Gasteiger partial charge in [0.25, 0.3) is 0 Å². The van der Waals surface area contributed by atoms with Crippen LogP contribution in [-0.2, 0) is 0 Å². The van der Waals surface area contributed by atoms with Crippen molar-refractivity contribution in [1.29, 1.82) is 0 Å². The molecule has 0 aliphatic heterocycles. The molecule has 12 rings (SSSR count). The first kappa shape index (κ1) is 37.2. The van der Waals surface area contributed by atoms with Crippen LogP contribution in [0.3, 0.4) is 0 Å². The van der Waals surface area contributed by atoms with Gasteiger partial charge in [0.2, 0.25) is 0 Å². The van der Waals surface area contributed by atoms with E-state index in [1.54, 1.807) is 0 Å². The Bertz CT molecular complexity index is 3700. The quantitative estimate of drug-likeness (QED) is 0.161. The van der Waals surface area contributed by atoms with Crippen molar-refractivity contribution in [1.82, 2.24) is 15.0 Å². The van der Waals surface area contributed by atoms with E-state index in [0.717, 1.165) is 60.3 Å². The number of hydrogen-bond donors (Lipinski definition) is 0. The molecule has 3 nitrogen and oxygen atoms in total. The van der Waals surface area contributed by atoms with Crippen LogP contribution >= 0.6 is 0 Å². The summed E-state index contributed by atoms with van der Waals surface area (Å²) in [6.45, 7) is 0. The van der Waals surface area contributed by atoms with Gasteiger partial charge in [-0.25, -0.2) is 15.0 Å². The van der Waals surface area contributed by atoms with Crippen LogP contribution in [0.4, 0.5) is 0 Å². The van der Waals surface area contributed by atoms with Crippen molar-refractivity contribution in [2.75, 3.05) is 0 Å². The van der Waals surface area contributed by atoms with Gasteiger partial charge < -0.3 is 0 Å². The lowest BCUT2D eigenvalue weighted by Gasteiger charge is -2.15. The molecule has 0 fully saturated rings. The molecule has 0 aliphatic carbocycles. The van der Waals surface area contributed by atoms with Crippen molar-refractivity contribution >= 4 is 43.1 Å². The fourth-order valence-electron chi connectivity index (χ4n) is 9.31. The van der Waals surface area contributed by atoms with Gasteiger partial charge in [-0.3, -0.25) is 0 Å². The Kier molecular flexibility index (Phi) is 9.16. The Labute approximate surface area is 371 Å². The Morgan fingerprint density at radius 2 is 0.656 bits per heavy atom. The van der Waals surface area contributed by atoms with Gasteiger partial charge in [0.15, 0.2) is 17.5 Å². The molecule has 0 N–H and O–H groups in total. The highest BCUT2D eigenvalue weighted by Crippen LogP contribution is 2.40. The normalized spacial score (nSPS) is 11.4. The van der Waals surface area contributed by atoms with Crippen molar-refractivity contribution in [3.05, 3.63) is 237 Å². The van der Waals surface area contributed by atoms with E-state index < -0.39 is 0 Å². The molecule has 0 bridgehead atoms. The Hall–Kier alpha value is -8.53. The van der Waals surface area contributed by atoms with Crippen LogP contribution < -0.4 is 0 Å². The van der Waals surface area contributed by atoms with Gasteiger partial charge in [-0.15, -0.1) is 0 Å². The fraction of sp³-hybridized carbons (Fsp3) is 0. The molecule has 3 heteroatoms. The van der Waals surface area contributed by atoms with E-state index in [1.165, 1.54) is 44.0 Å². The van der Waals surface area contributed by atoms with Gasteiger partial charge in [0.1, 0.15) is 0 Å². The van der Waals surface area contributed by atoms with Crippen LogP contribution in [0, 0.1) is 0 Å². The highest BCUT2D eigenvalue weighted by molar-refractivity contribution is 6.08. The summed E-state index contributed by atoms with van der Waals surface area (Å²) in [6, 6.07) is 84.3. The molecule has 0 saturated carbocycles. The summed E-state index contributed by atoms with van der Waals surface area (Å²) >= 11 is 0. The molecule has 0 atom stereocenters. The summed E-state index contributed by atoms with van der Waals surface area (Å²) in [6.07, 6.45) is 0. The Morgan fingerprint density at radius 1 is 0.203 bits per heavy atom. The van der Waals surface area contributed by atoms with Crippen molar-refractivity contribution in [2.45, 2.75) is 0 Å². The molecule has 64 heavy (non-hydrogen) atoms. The number of fused-ring (bicyclic) bond motifs is 4. The zero-order valence-corrected chi connectivity index (χ0v) is 34.9. The monoisotopic (exact) mass is 813 g/mol. The maximum atomic E-state index is 5.40. The van der Waals surface area contributed by atoms with Crippen molar-refractivity contribution in [3.8, 4) is 78.7 Å². The first-order valence-electron chi connectivity index (χ1n) is 21.8. The van der Waals surface area contributed by atoms with Gasteiger partial charge >= 0.3 is 0 Å². The lowest BCUT2D eigenvalue weighted by atomic mass is 9.92. The third-order valence-electron chi connectivity index (χ3n) is 12.5. The molecule has 1 heterocycles. The number of aromatic nitrogens is 3. The number of nitrogens with zero attached hydrogens (tertiary/aromatic N) is 3. The molecule has 298 valence electrons. The third-order valence-corrected chi connectivity index (χ3v) is 12.5. The molecule has 0 aliphatic rings. The minimum absolute atomic E-state index is 0.621. The second-order valence-electron chi connectivity index (χ2n) is 16.4. The maximum absolute atomic E-state index is 5.40. The van der Waals surface area contributed by atoms with Crippen molar-refractivity contribution in [3.63, 3.8) is 0 Å². The molecular weight excluding hydrogens is 775 g/mol. The van der Waals surface area contributed by atoms with Gasteiger partial charge in [-0.2, -0.15) is 0 Å². The third kappa shape index (κ3) is 6.77. The van der Waals surface area contributed by atoms with Crippen LogP contribution in [0.5, 0.6) is 0 Å². The van der Waals surface area contributed by atoms with Crippen molar-refractivity contribution < 1.29 is 0 Å². The van der Waals surface area contributed by atoms with Crippen LogP contribution in [0.25, 0.3) is 122 Å². The Balaban J connectivity index is 1.04.